The maximum atomic E-state index is 5.94. The summed E-state index contributed by atoms with van der Waals surface area (Å²) in [6.07, 6.45) is 1.74. The van der Waals surface area contributed by atoms with Crippen molar-refractivity contribution < 1.29 is 9.47 Å². The van der Waals surface area contributed by atoms with Crippen LogP contribution in [-0.2, 0) is 19.7 Å². The molecule has 2 N–H and O–H groups in total. The summed E-state index contributed by atoms with van der Waals surface area (Å²) >= 11 is 0. The summed E-state index contributed by atoms with van der Waals surface area (Å²) in [6, 6.07) is 21.9. The van der Waals surface area contributed by atoms with Crippen LogP contribution in [0.1, 0.15) is 23.6 Å². The second kappa shape index (κ2) is 11.5. The lowest BCUT2D eigenvalue weighted by Gasteiger charge is -2.14. The number of nitrogens with one attached hydrogen (secondary N) is 2. The molecule has 0 aliphatic heterocycles. The molecular formula is C24H28N4O2. The smallest absolute Gasteiger partial charge is 0.218 e. The number of pyridine rings is 1. The second-order valence-electron chi connectivity index (χ2n) is 6.64. The molecular weight excluding hydrogens is 376 g/mol. The highest BCUT2D eigenvalue weighted by Crippen LogP contribution is 2.16. The van der Waals surface area contributed by atoms with E-state index in [9.17, 15) is 0 Å². The Kier molecular flexibility index (Phi) is 8.09. The van der Waals surface area contributed by atoms with Crippen LogP contribution < -0.4 is 20.1 Å². The van der Waals surface area contributed by atoms with Crippen molar-refractivity contribution in [1.82, 2.24) is 15.6 Å². The zero-order valence-corrected chi connectivity index (χ0v) is 17.5. The highest BCUT2D eigenvalue weighted by Gasteiger charge is 2.07. The van der Waals surface area contributed by atoms with Crippen LogP contribution >= 0.6 is 0 Å². The third-order valence-corrected chi connectivity index (χ3v) is 4.44. The first-order chi connectivity index (χ1) is 14.8. The van der Waals surface area contributed by atoms with Gasteiger partial charge in [-0.05, 0) is 36.2 Å². The van der Waals surface area contributed by atoms with E-state index in [1.807, 2.05) is 73.7 Å². The lowest BCUT2D eigenvalue weighted by molar-refractivity contribution is 0.290. The molecule has 30 heavy (non-hydrogen) atoms. The number of methoxy groups -OCH3 is 1. The van der Waals surface area contributed by atoms with Gasteiger partial charge in [0, 0.05) is 24.8 Å². The third kappa shape index (κ3) is 6.51. The lowest BCUT2D eigenvalue weighted by Crippen LogP contribution is -2.36. The van der Waals surface area contributed by atoms with Crippen LogP contribution in [0.5, 0.6) is 11.6 Å². The van der Waals surface area contributed by atoms with Crippen molar-refractivity contribution >= 4 is 5.96 Å². The van der Waals surface area contributed by atoms with E-state index in [1.165, 1.54) is 0 Å². The standard InChI is InChI=1S/C24H28N4O2/c1-3-25-24(27-16-19-11-13-22(29-2)14-12-19)28-17-21-10-7-15-26-23(21)30-18-20-8-5-4-6-9-20/h4-15H,3,16-18H2,1-2H3,(H2,25,27,28). The fourth-order valence-corrected chi connectivity index (χ4v) is 2.84. The fourth-order valence-electron chi connectivity index (χ4n) is 2.84. The Bertz CT molecular complexity index is 927. The van der Waals surface area contributed by atoms with Gasteiger partial charge in [-0.25, -0.2) is 9.98 Å². The lowest BCUT2D eigenvalue weighted by atomic mass is 10.2. The quantitative estimate of drug-likeness (QED) is 0.418. The van der Waals surface area contributed by atoms with Gasteiger partial charge in [-0.2, -0.15) is 0 Å². The number of ether oxygens (including phenoxy) is 2. The SMILES string of the molecule is CCNC(=NCc1ccc(OC)cc1)NCc1cccnc1OCc1ccccc1. The Hall–Kier alpha value is -3.54. The van der Waals surface area contributed by atoms with Crippen LogP contribution in [0.3, 0.4) is 0 Å². The highest BCUT2D eigenvalue weighted by molar-refractivity contribution is 5.79. The van der Waals surface area contributed by atoms with E-state index in [1.54, 1.807) is 13.3 Å². The van der Waals surface area contributed by atoms with E-state index >= 15 is 0 Å². The highest BCUT2D eigenvalue weighted by atomic mass is 16.5. The van der Waals surface area contributed by atoms with Gasteiger partial charge >= 0.3 is 0 Å². The van der Waals surface area contributed by atoms with E-state index in [0.717, 1.165) is 34.9 Å². The first-order valence-electron chi connectivity index (χ1n) is 10.0. The predicted molar refractivity (Wildman–Crippen MR) is 120 cm³/mol. The maximum Gasteiger partial charge on any atom is 0.218 e. The number of nitrogens with zero attached hydrogens (tertiary/aromatic N) is 2. The molecule has 6 heteroatoms. The minimum Gasteiger partial charge on any atom is -0.497 e. The molecule has 0 atom stereocenters. The molecule has 0 saturated carbocycles. The average Bonchev–Trinajstić information content (AvgIpc) is 2.81. The van der Waals surface area contributed by atoms with Crippen molar-refractivity contribution in [2.24, 2.45) is 4.99 Å². The van der Waals surface area contributed by atoms with Gasteiger partial charge in [-0.3, -0.25) is 0 Å². The molecule has 0 saturated heterocycles. The largest absolute Gasteiger partial charge is 0.497 e. The van der Waals surface area contributed by atoms with Gasteiger partial charge < -0.3 is 20.1 Å². The number of aromatic nitrogens is 1. The third-order valence-electron chi connectivity index (χ3n) is 4.44. The van der Waals surface area contributed by atoms with Crippen LogP contribution in [0, 0.1) is 0 Å². The Balaban J connectivity index is 1.61. The Labute approximate surface area is 178 Å². The van der Waals surface area contributed by atoms with Crippen LogP contribution in [0.2, 0.25) is 0 Å². The molecule has 3 aromatic rings. The molecule has 1 heterocycles. The van der Waals surface area contributed by atoms with Gasteiger partial charge in [0.15, 0.2) is 5.96 Å². The van der Waals surface area contributed by atoms with Gasteiger partial charge in [0.2, 0.25) is 5.88 Å². The van der Waals surface area contributed by atoms with E-state index in [2.05, 4.69) is 20.6 Å². The molecule has 1 aromatic heterocycles. The summed E-state index contributed by atoms with van der Waals surface area (Å²) in [5, 5.41) is 6.64. The van der Waals surface area contributed by atoms with Gasteiger partial charge in [0.1, 0.15) is 12.4 Å². The molecule has 156 valence electrons. The maximum absolute atomic E-state index is 5.94. The topological polar surface area (TPSA) is 67.8 Å². The van der Waals surface area contributed by atoms with Crippen LogP contribution in [-0.4, -0.2) is 24.6 Å². The van der Waals surface area contributed by atoms with Crippen LogP contribution in [0.25, 0.3) is 0 Å². The Morgan fingerprint density at radius 3 is 2.47 bits per heavy atom. The molecule has 2 aromatic carbocycles. The number of aliphatic imine (C=N–C) groups is 1. The molecule has 0 radical (unpaired) electrons. The monoisotopic (exact) mass is 404 g/mol. The predicted octanol–water partition coefficient (Wildman–Crippen LogP) is 3.92. The minimum absolute atomic E-state index is 0.483. The summed E-state index contributed by atoms with van der Waals surface area (Å²) in [6.45, 7) is 4.44. The summed E-state index contributed by atoms with van der Waals surface area (Å²) in [5.74, 6) is 2.21. The van der Waals surface area contributed by atoms with Crippen molar-refractivity contribution in [2.45, 2.75) is 26.6 Å². The molecule has 0 amide bonds. The van der Waals surface area contributed by atoms with Gasteiger partial charge in [-0.1, -0.05) is 48.5 Å². The van der Waals surface area contributed by atoms with E-state index in [0.29, 0.717) is 25.6 Å². The van der Waals surface area contributed by atoms with E-state index < -0.39 is 0 Å². The minimum atomic E-state index is 0.483. The van der Waals surface area contributed by atoms with Crippen molar-refractivity contribution in [3.63, 3.8) is 0 Å². The van der Waals surface area contributed by atoms with Crippen LogP contribution in [0.4, 0.5) is 0 Å². The van der Waals surface area contributed by atoms with Gasteiger partial charge in [0.25, 0.3) is 0 Å². The number of benzene rings is 2. The van der Waals surface area contributed by atoms with Crippen molar-refractivity contribution in [3.05, 3.63) is 89.6 Å². The second-order valence-corrected chi connectivity index (χ2v) is 6.64. The average molecular weight is 405 g/mol. The Morgan fingerprint density at radius 1 is 0.933 bits per heavy atom. The number of hydrogen-bond donors (Lipinski definition) is 2. The normalized spacial score (nSPS) is 11.1. The molecule has 0 aliphatic rings. The van der Waals surface area contributed by atoms with E-state index in [4.69, 9.17) is 9.47 Å². The molecule has 0 aliphatic carbocycles. The fraction of sp³-hybridized carbons (Fsp3) is 0.250. The van der Waals surface area contributed by atoms with Crippen molar-refractivity contribution in [1.29, 1.82) is 0 Å². The molecule has 0 spiro atoms. The van der Waals surface area contributed by atoms with Gasteiger partial charge in [-0.15, -0.1) is 0 Å². The zero-order valence-electron chi connectivity index (χ0n) is 17.5. The molecule has 0 bridgehead atoms. The number of hydrogen-bond acceptors (Lipinski definition) is 4. The zero-order chi connectivity index (χ0) is 21.0. The molecule has 0 unspecified atom stereocenters. The summed E-state index contributed by atoms with van der Waals surface area (Å²) in [4.78, 5) is 9.06. The molecule has 3 rings (SSSR count). The summed E-state index contributed by atoms with van der Waals surface area (Å²) in [5.41, 5.74) is 3.20. The summed E-state index contributed by atoms with van der Waals surface area (Å²) < 4.78 is 11.1. The first kappa shape index (κ1) is 21.2. The van der Waals surface area contributed by atoms with Gasteiger partial charge in [0.05, 0.1) is 13.7 Å². The first-order valence-corrected chi connectivity index (χ1v) is 10.0. The molecule has 6 nitrogen and oxygen atoms in total. The Morgan fingerprint density at radius 2 is 1.73 bits per heavy atom. The number of guanidine groups is 1. The number of rotatable bonds is 9. The van der Waals surface area contributed by atoms with Crippen LogP contribution in [0.15, 0.2) is 77.9 Å². The van der Waals surface area contributed by atoms with E-state index in [-0.39, 0.29) is 0 Å². The summed E-state index contributed by atoms with van der Waals surface area (Å²) in [7, 11) is 1.66. The van der Waals surface area contributed by atoms with Crippen molar-refractivity contribution in [3.8, 4) is 11.6 Å². The van der Waals surface area contributed by atoms with Crippen molar-refractivity contribution in [2.75, 3.05) is 13.7 Å². The molecule has 0 fully saturated rings.